The van der Waals surface area contributed by atoms with E-state index >= 15 is 0 Å². The van der Waals surface area contributed by atoms with Gasteiger partial charge in [-0.1, -0.05) is 89.0 Å². The fourth-order valence-electron chi connectivity index (χ4n) is 5.89. The predicted octanol–water partition coefficient (Wildman–Crippen LogP) is 11.2. The molecular weight excluding hydrogens is 583 g/mol. The summed E-state index contributed by atoms with van der Waals surface area (Å²) in [4.78, 5) is 2.54. The molecular formula is C32H33N5S4. The Kier molecular flexibility index (Phi) is 8.11. The van der Waals surface area contributed by atoms with E-state index in [9.17, 15) is 0 Å². The fraction of sp³-hybridized carbons (Fsp3) is 0.375. The van der Waals surface area contributed by atoms with Gasteiger partial charge in [-0.05, 0) is 30.7 Å². The SMILES string of the molecule is CCCCCCCCCCCCn1c2cc(-c3cccc4nsnc34)sc2c2sc(-c3cccc4nsnc34)cc21. The molecule has 0 amide bonds. The summed E-state index contributed by atoms with van der Waals surface area (Å²) < 4.78 is 23.6. The lowest BCUT2D eigenvalue weighted by Gasteiger charge is -2.07. The number of aryl methyl sites for hydroxylation is 1. The standard InChI is InChI=1S/C32H33N5S4/c1-2-3-4-5-6-7-8-9-10-11-18-37-25-19-27(21-14-12-16-23-29(21)35-40-33-23)38-31(25)32-26(37)20-28(39-32)22-15-13-17-24-30(22)36-41-34-24/h12-17,19-20H,2-11,18H2,1H3. The molecule has 0 N–H and O–H groups in total. The molecule has 0 saturated heterocycles. The van der Waals surface area contributed by atoms with Crippen molar-refractivity contribution in [3.8, 4) is 20.9 Å². The first kappa shape index (κ1) is 27.1. The summed E-state index contributed by atoms with van der Waals surface area (Å²) in [6.45, 7) is 3.34. The van der Waals surface area contributed by atoms with Crippen LogP contribution in [0.3, 0.4) is 0 Å². The van der Waals surface area contributed by atoms with E-state index in [2.05, 4.69) is 77.5 Å². The normalized spacial score (nSPS) is 12.1. The number of rotatable bonds is 13. The van der Waals surface area contributed by atoms with Crippen LogP contribution in [0.15, 0.2) is 48.5 Å². The van der Waals surface area contributed by atoms with Crippen molar-refractivity contribution in [1.29, 1.82) is 0 Å². The summed E-state index contributed by atoms with van der Waals surface area (Å²) in [7, 11) is 0. The predicted molar refractivity (Wildman–Crippen MR) is 180 cm³/mol. The maximum atomic E-state index is 4.63. The van der Waals surface area contributed by atoms with Gasteiger partial charge in [-0.2, -0.15) is 17.5 Å². The van der Waals surface area contributed by atoms with Crippen LogP contribution in [0.25, 0.3) is 63.4 Å². The molecule has 7 rings (SSSR count). The van der Waals surface area contributed by atoms with E-state index in [1.54, 1.807) is 0 Å². The van der Waals surface area contributed by atoms with Crippen LogP contribution in [-0.2, 0) is 6.54 Å². The molecule has 0 aliphatic carbocycles. The summed E-state index contributed by atoms with van der Waals surface area (Å²) >= 11 is 6.37. The van der Waals surface area contributed by atoms with E-state index in [4.69, 9.17) is 0 Å². The minimum Gasteiger partial charge on any atom is -0.339 e. The van der Waals surface area contributed by atoms with Crippen LogP contribution < -0.4 is 0 Å². The zero-order valence-corrected chi connectivity index (χ0v) is 26.5. The second-order valence-corrected chi connectivity index (χ2v) is 14.0. The Bertz CT molecular complexity index is 1790. The minimum atomic E-state index is 0.979. The molecule has 0 aliphatic rings. The van der Waals surface area contributed by atoms with Crippen LogP contribution in [0, 0.1) is 0 Å². The Hall–Kier alpha value is -2.72. The van der Waals surface area contributed by atoms with Gasteiger partial charge in [0, 0.05) is 27.4 Å². The molecule has 0 fully saturated rings. The molecule has 5 nitrogen and oxygen atoms in total. The maximum absolute atomic E-state index is 4.63. The molecule has 0 aliphatic heterocycles. The molecule has 0 saturated carbocycles. The topological polar surface area (TPSA) is 56.5 Å². The van der Waals surface area contributed by atoms with Crippen LogP contribution >= 0.6 is 46.1 Å². The first-order valence-corrected chi connectivity index (χ1v) is 17.9. The number of fused-ring (bicyclic) bond motifs is 5. The number of benzene rings is 2. The van der Waals surface area contributed by atoms with Crippen molar-refractivity contribution < 1.29 is 0 Å². The van der Waals surface area contributed by atoms with Gasteiger partial charge < -0.3 is 4.57 Å². The molecule has 0 unspecified atom stereocenters. The van der Waals surface area contributed by atoms with E-state index in [0.29, 0.717) is 0 Å². The minimum absolute atomic E-state index is 0.979. The molecule has 2 aromatic carbocycles. The lowest BCUT2D eigenvalue weighted by Crippen LogP contribution is -1.97. The van der Waals surface area contributed by atoms with E-state index in [0.717, 1.165) is 28.6 Å². The Labute approximate surface area is 256 Å². The molecule has 210 valence electrons. The van der Waals surface area contributed by atoms with E-state index in [1.165, 1.54) is 129 Å². The summed E-state index contributed by atoms with van der Waals surface area (Å²) in [6, 6.07) is 17.5. The average molecular weight is 616 g/mol. The number of hydrogen-bond acceptors (Lipinski definition) is 8. The van der Waals surface area contributed by atoms with Crippen molar-refractivity contribution in [3.05, 3.63) is 48.5 Å². The van der Waals surface area contributed by atoms with Gasteiger partial charge >= 0.3 is 0 Å². The lowest BCUT2D eigenvalue weighted by atomic mass is 10.1. The van der Waals surface area contributed by atoms with Crippen molar-refractivity contribution in [2.45, 2.75) is 77.7 Å². The molecule has 0 radical (unpaired) electrons. The van der Waals surface area contributed by atoms with Crippen molar-refractivity contribution in [2.24, 2.45) is 0 Å². The van der Waals surface area contributed by atoms with Crippen molar-refractivity contribution in [1.82, 2.24) is 22.1 Å². The first-order valence-electron chi connectivity index (χ1n) is 14.8. The Morgan fingerprint density at radius 2 is 1.07 bits per heavy atom. The van der Waals surface area contributed by atoms with E-state index < -0.39 is 0 Å². The molecule has 0 bridgehead atoms. The molecule has 0 atom stereocenters. The molecule has 9 heteroatoms. The van der Waals surface area contributed by atoms with Gasteiger partial charge in [-0.15, -0.1) is 22.7 Å². The third kappa shape index (κ3) is 5.33. The van der Waals surface area contributed by atoms with Gasteiger partial charge in [0.25, 0.3) is 0 Å². The number of thiophene rings is 2. The maximum Gasteiger partial charge on any atom is 0.113 e. The van der Waals surface area contributed by atoms with Crippen molar-refractivity contribution >= 4 is 88.6 Å². The molecule has 41 heavy (non-hydrogen) atoms. The van der Waals surface area contributed by atoms with Gasteiger partial charge in [-0.3, -0.25) is 0 Å². The summed E-state index contributed by atoms with van der Waals surface area (Å²) in [5.41, 5.74) is 9.05. The third-order valence-corrected chi connectivity index (χ3v) is 11.6. The third-order valence-electron chi connectivity index (χ3n) is 8.05. The quantitative estimate of drug-likeness (QED) is 0.121. The van der Waals surface area contributed by atoms with Crippen LogP contribution in [-0.4, -0.2) is 22.1 Å². The van der Waals surface area contributed by atoms with Crippen molar-refractivity contribution in [2.75, 3.05) is 0 Å². The van der Waals surface area contributed by atoms with E-state index in [1.807, 2.05) is 22.7 Å². The summed E-state index contributed by atoms with van der Waals surface area (Å²) in [6.07, 6.45) is 13.5. The highest BCUT2D eigenvalue weighted by molar-refractivity contribution is 7.30. The molecule has 7 aromatic rings. The Balaban J connectivity index is 1.19. The van der Waals surface area contributed by atoms with E-state index in [-0.39, 0.29) is 0 Å². The second kappa shape index (κ2) is 12.3. The van der Waals surface area contributed by atoms with Gasteiger partial charge in [0.05, 0.1) is 43.9 Å². The van der Waals surface area contributed by atoms with Crippen LogP contribution in [0.1, 0.15) is 71.1 Å². The summed E-state index contributed by atoms with van der Waals surface area (Å²) in [5.74, 6) is 0. The average Bonchev–Trinajstić information content (AvgIpc) is 3.81. The van der Waals surface area contributed by atoms with Crippen molar-refractivity contribution in [3.63, 3.8) is 0 Å². The van der Waals surface area contributed by atoms with Gasteiger partial charge in [0.15, 0.2) is 0 Å². The number of nitrogens with zero attached hydrogens (tertiary/aromatic N) is 5. The van der Waals surface area contributed by atoms with Crippen LogP contribution in [0.5, 0.6) is 0 Å². The van der Waals surface area contributed by atoms with Gasteiger partial charge in [0.2, 0.25) is 0 Å². The summed E-state index contributed by atoms with van der Waals surface area (Å²) in [5, 5.41) is 0. The fourth-order valence-corrected chi connectivity index (χ4v) is 9.51. The smallest absolute Gasteiger partial charge is 0.113 e. The largest absolute Gasteiger partial charge is 0.339 e. The second-order valence-electron chi connectivity index (χ2n) is 10.9. The van der Waals surface area contributed by atoms with Gasteiger partial charge in [-0.25, -0.2) is 0 Å². The van der Waals surface area contributed by atoms with Crippen LogP contribution in [0.2, 0.25) is 0 Å². The van der Waals surface area contributed by atoms with Crippen LogP contribution in [0.4, 0.5) is 0 Å². The highest BCUT2D eigenvalue weighted by Crippen LogP contribution is 2.47. The molecule has 0 spiro atoms. The Morgan fingerprint density at radius 3 is 1.59 bits per heavy atom. The number of hydrogen-bond donors (Lipinski definition) is 0. The zero-order valence-electron chi connectivity index (χ0n) is 23.3. The highest BCUT2D eigenvalue weighted by atomic mass is 32.1. The lowest BCUT2D eigenvalue weighted by molar-refractivity contribution is 0.541. The molecule has 5 aromatic heterocycles. The molecule has 5 heterocycles. The number of unbranched alkanes of at least 4 members (excludes halogenated alkanes) is 9. The zero-order chi connectivity index (χ0) is 27.6. The monoisotopic (exact) mass is 615 g/mol. The Morgan fingerprint density at radius 1 is 0.585 bits per heavy atom. The highest BCUT2D eigenvalue weighted by Gasteiger charge is 2.21. The number of aromatic nitrogens is 5. The first-order chi connectivity index (χ1) is 20.3. The van der Waals surface area contributed by atoms with Gasteiger partial charge in [0.1, 0.15) is 22.1 Å².